The van der Waals surface area contributed by atoms with Gasteiger partial charge in [0.1, 0.15) is 36.2 Å². The first kappa shape index (κ1) is 58.1. The number of Topliss-reactive ketones (excluding diaryl/α,β-unsaturated/α-hetero) is 2. The highest BCUT2D eigenvalue weighted by Gasteiger charge is 2.56. The zero-order valence-electron chi connectivity index (χ0n) is 44.3. The number of hydrogen-bond donors (Lipinski definition) is 4. The average molecular weight is 1020 g/mol. The van der Waals surface area contributed by atoms with Crippen LogP contribution in [0.5, 0.6) is 0 Å². The summed E-state index contributed by atoms with van der Waals surface area (Å²) in [7, 11) is 3.06. The quantitative estimate of drug-likeness (QED) is 0.0881. The predicted molar refractivity (Wildman–Crippen MR) is 274 cm³/mol. The smallest absolute Gasteiger partial charge is 0.329 e. The predicted octanol–water partition coefficient (Wildman–Crippen LogP) is 7.33. The van der Waals surface area contributed by atoms with E-state index >= 15 is 0 Å². The van der Waals surface area contributed by atoms with E-state index in [0.29, 0.717) is 62.5 Å². The van der Waals surface area contributed by atoms with Crippen molar-refractivity contribution in [1.82, 2.24) is 4.90 Å². The van der Waals surface area contributed by atoms with E-state index in [1.54, 1.807) is 13.8 Å². The number of allylic oxidation sites excluding steroid dienone is 3. The number of ether oxygens (including phenoxy) is 6. The van der Waals surface area contributed by atoms with E-state index in [2.05, 4.69) is 0 Å². The second-order valence-corrected chi connectivity index (χ2v) is 21.4. The van der Waals surface area contributed by atoms with E-state index in [9.17, 15) is 39.6 Å². The largest absolute Gasteiger partial charge is 0.456 e. The van der Waals surface area contributed by atoms with Gasteiger partial charge >= 0.3 is 5.97 Å². The molecule has 16 unspecified atom stereocenters. The molecular formula is C58H83NO14. The standard InChI is InChI=1S/C58H83NO14/c1-9-41-27-35(2)26-36(3)28-51(68-7)54-52(69-8)30-38(5)58(67,73-54)55(64)56(65)59-25-17-16-22-44(59)57(66)72-53(39(6)45(60)32-46(41)61)37(4)29-40-23-24-49(70-33-47(62)42-18-12-10-13-19-42)50(31-40)71-34-48(63)43-20-14-11-15-21-43/h10-15,18-21,27,29,36,38-41,44-45,47-54,60,62-63,67H,9,16-17,22-26,28,30-34H2,1-8H3. The molecule has 15 heteroatoms. The molecular weight excluding hydrogens is 935 g/mol. The van der Waals surface area contributed by atoms with Crippen molar-refractivity contribution < 1.29 is 68.0 Å². The van der Waals surface area contributed by atoms with Crippen LogP contribution in [0.1, 0.15) is 136 Å². The van der Waals surface area contributed by atoms with Gasteiger partial charge in [0.25, 0.3) is 11.7 Å². The maximum atomic E-state index is 14.7. The van der Waals surface area contributed by atoms with E-state index in [0.717, 1.165) is 11.1 Å². The molecule has 1 aliphatic carbocycles. The van der Waals surface area contributed by atoms with Gasteiger partial charge in [-0.3, -0.25) is 14.4 Å². The molecule has 3 heterocycles. The lowest BCUT2D eigenvalue weighted by atomic mass is 9.81. The summed E-state index contributed by atoms with van der Waals surface area (Å²) < 4.78 is 37.4. The van der Waals surface area contributed by atoms with Crippen molar-refractivity contribution in [1.29, 1.82) is 0 Å². The number of benzene rings is 2. The normalized spacial score (nSPS) is 34.7. The monoisotopic (exact) mass is 1020 g/mol. The highest BCUT2D eigenvalue weighted by atomic mass is 16.7. The number of cyclic esters (lactones) is 1. The Kier molecular flexibility index (Phi) is 21.5. The van der Waals surface area contributed by atoms with Gasteiger partial charge < -0.3 is 53.7 Å². The van der Waals surface area contributed by atoms with Gasteiger partial charge in [0.05, 0.1) is 43.7 Å². The third-order valence-electron chi connectivity index (χ3n) is 15.9. The lowest BCUT2D eigenvalue weighted by Gasteiger charge is -2.47. The highest BCUT2D eigenvalue weighted by Crippen LogP contribution is 2.40. The summed E-state index contributed by atoms with van der Waals surface area (Å²) in [5.74, 6) is -7.99. The number of fused-ring (bicyclic) bond motifs is 3. The van der Waals surface area contributed by atoms with Crippen molar-refractivity contribution in [2.24, 2.45) is 29.6 Å². The summed E-state index contributed by atoms with van der Waals surface area (Å²) in [4.78, 5) is 58.9. The minimum atomic E-state index is -2.54. The number of carbonyl (C=O) groups is 4. The zero-order chi connectivity index (χ0) is 53.0. The number of carbonyl (C=O) groups excluding carboxylic acids is 4. The van der Waals surface area contributed by atoms with Gasteiger partial charge in [0.15, 0.2) is 0 Å². The van der Waals surface area contributed by atoms with Gasteiger partial charge in [0, 0.05) is 44.9 Å². The van der Waals surface area contributed by atoms with Crippen LogP contribution in [0.2, 0.25) is 0 Å². The first-order valence-electron chi connectivity index (χ1n) is 26.7. The maximum Gasteiger partial charge on any atom is 0.329 e. The van der Waals surface area contributed by atoms with Crippen molar-refractivity contribution in [3.8, 4) is 0 Å². The van der Waals surface area contributed by atoms with E-state index in [1.807, 2.05) is 101 Å². The molecule has 0 aromatic heterocycles. The van der Waals surface area contributed by atoms with Crippen LogP contribution in [-0.4, -0.2) is 137 Å². The summed E-state index contributed by atoms with van der Waals surface area (Å²) in [5, 5.41) is 46.3. The molecule has 4 aliphatic rings. The fourth-order valence-electron chi connectivity index (χ4n) is 11.5. The molecule has 2 saturated heterocycles. The van der Waals surface area contributed by atoms with Crippen LogP contribution in [-0.2, 0) is 47.6 Å². The van der Waals surface area contributed by atoms with Crippen LogP contribution in [0.4, 0.5) is 0 Å². The third-order valence-corrected chi connectivity index (χ3v) is 15.9. The number of hydrogen-bond acceptors (Lipinski definition) is 14. The van der Waals surface area contributed by atoms with Crippen LogP contribution < -0.4 is 0 Å². The van der Waals surface area contributed by atoms with Gasteiger partial charge in [-0.2, -0.15) is 0 Å². The molecule has 2 bridgehead atoms. The van der Waals surface area contributed by atoms with Crippen molar-refractivity contribution in [3.05, 3.63) is 95.1 Å². The van der Waals surface area contributed by atoms with Crippen LogP contribution in [0.3, 0.4) is 0 Å². The molecule has 0 spiro atoms. The van der Waals surface area contributed by atoms with Gasteiger partial charge in [-0.15, -0.1) is 0 Å². The number of rotatable bonds is 13. The summed E-state index contributed by atoms with van der Waals surface area (Å²) in [5.41, 5.74) is 3.02. The maximum absolute atomic E-state index is 14.7. The Morgan fingerprint density at radius 3 is 2.01 bits per heavy atom. The number of piperidine rings is 1. The molecule has 3 fully saturated rings. The molecule has 15 nitrogen and oxygen atoms in total. The van der Waals surface area contributed by atoms with Crippen molar-refractivity contribution in [2.45, 2.75) is 179 Å². The van der Waals surface area contributed by atoms with Gasteiger partial charge in [-0.25, -0.2) is 4.79 Å². The summed E-state index contributed by atoms with van der Waals surface area (Å²) in [6.07, 6.45) is 1.34. The molecule has 3 aliphatic heterocycles. The number of esters is 1. The van der Waals surface area contributed by atoms with E-state index < -0.39 is 102 Å². The second-order valence-electron chi connectivity index (χ2n) is 21.4. The molecule has 404 valence electrons. The van der Waals surface area contributed by atoms with Gasteiger partial charge in [-0.1, -0.05) is 106 Å². The van der Waals surface area contributed by atoms with Crippen molar-refractivity contribution in [2.75, 3.05) is 34.0 Å². The lowest BCUT2D eigenvalue weighted by Crippen LogP contribution is -2.64. The molecule has 2 aromatic carbocycles. The molecule has 4 N–H and O–H groups in total. The Hall–Kier alpha value is -4.16. The molecule has 0 radical (unpaired) electrons. The molecule has 16 atom stereocenters. The van der Waals surface area contributed by atoms with E-state index in [1.165, 1.54) is 19.1 Å². The number of methoxy groups -OCH3 is 2. The minimum Gasteiger partial charge on any atom is -0.456 e. The number of amides is 1. The van der Waals surface area contributed by atoms with E-state index in [-0.39, 0.29) is 56.6 Å². The Labute approximate surface area is 432 Å². The van der Waals surface area contributed by atoms with Gasteiger partial charge in [0.2, 0.25) is 5.79 Å². The Balaban J connectivity index is 1.31. The van der Waals surface area contributed by atoms with Crippen molar-refractivity contribution >= 4 is 23.4 Å². The Bertz CT molecular complexity index is 2170. The topological polar surface area (TPSA) is 208 Å². The minimum absolute atomic E-state index is 0.00133. The van der Waals surface area contributed by atoms with Gasteiger partial charge in [-0.05, 0) is 107 Å². The SMILES string of the molecule is CCC1C=C(C)CC(C)CC(OC)C2OC(O)(C(=O)C(=O)N3CCCCC3C(=O)OC(C(C)=CC3CCC(OCC(O)c4ccccc4)C(OCC(O)c4ccccc4)C3)C(C)C(O)CC1=O)C(C)CC2OC. The van der Waals surface area contributed by atoms with E-state index in [4.69, 9.17) is 28.4 Å². The Morgan fingerprint density at radius 2 is 1.41 bits per heavy atom. The first-order chi connectivity index (χ1) is 34.9. The molecule has 1 amide bonds. The molecule has 1 saturated carbocycles. The molecule has 6 rings (SSSR count). The first-order valence-corrected chi connectivity index (χ1v) is 26.7. The summed E-state index contributed by atoms with van der Waals surface area (Å²) in [6, 6.07) is 17.3. The average Bonchev–Trinajstić information content (AvgIpc) is 3.39. The number of nitrogens with zero attached hydrogens (tertiary/aromatic N) is 1. The molecule has 73 heavy (non-hydrogen) atoms. The van der Waals surface area contributed by atoms with Crippen LogP contribution >= 0.6 is 0 Å². The fraction of sp³-hybridized carbons (Fsp3) is 0.655. The summed E-state index contributed by atoms with van der Waals surface area (Å²) in [6.45, 7) is 11.2. The van der Waals surface area contributed by atoms with Crippen LogP contribution in [0.15, 0.2) is 84.0 Å². The third kappa shape index (κ3) is 14.8. The number of aliphatic hydroxyl groups excluding tert-OH is 3. The highest BCUT2D eigenvalue weighted by molar-refractivity contribution is 6.39. The van der Waals surface area contributed by atoms with Crippen LogP contribution in [0.25, 0.3) is 0 Å². The summed E-state index contributed by atoms with van der Waals surface area (Å²) >= 11 is 0. The second kappa shape index (κ2) is 27.1. The lowest BCUT2D eigenvalue weighted by molar-refractivity contribution is -0.302. The fourth-order valence-corrected chi connectivity index (χ4v) is 11.5. The zero-order valence-corrected chi connectivity index (χ0v) is 44.3. The Morgan fingerprint density at radius 1 is 0.808 bits per heavy atom. The number of aliphatic hydroxyl groups is 4. The molecule has 2 aromatic rings. The number of ketones is 2. The van der Waals surface area contributed by atoms with Crippen molar-refractivity contribution in [3.63, 3.8) is 0 Å². The van der Waals surface area contributed by atoms with Crippen LogP contribution in [0, 0.1) is 29.6 Å².